The number of pyridine rings is 1. The van der Waals surface area contributed by atoms with Crippen LogP contribution in [0.4, 0.5) is 11.4 Å². The van der Waals surface area contributed by atoms with Crippen LogP contribution >= 0.6 is 0 Å². The third-order valence-corrected chi connectivity index (χ3v) is 4.53. The van der Waals surface area contributed by atoms with Crippen LogP contribution < -0.4 is 33.0 Å². The average molecular weight is 412 g/mol. The van der Waals surface area contributed by atoms with E-state index >= 15 is 0 Å². The highest BCUT2D eigenvalue weighted by atomic mass is 79.9. The van der Waals surface area contributed by atoms with Gasteiger partial charge in [-0.2, -0.15) is 4.57 Å². The number of aryl methyl sites for hydroxylation is 1. The van der Waals surface area contributed by atoms with Crippen molar-refractivity contribution in [2.75, 3.05) is 11.5 Å². The number of aromatic nitrogens is 1. The van der Waals surface area contributed by atoms with Crippen LogP contribution in [0.25, 0.3) is 32.9 Å². The molecule has 0 saturated heterocycles. The van der Waals surface area contributed by atoms with Crippen molar-refractivity contribution in [1.29, 1.82) is 0 Å². The minimum Gasteiger partial charge on any atom is -1.00 e. The van der Waals surface area contributed by atoms with Gasteiger partial charge in [0.1, 0.15) is 6.54 Å². The van der Waals surface area contributed by atoms with E-state index < -0.39 is 0 Å². The van der Waals surface area contributed by atoms with Gasteiger partial charge in [-0.3, -0.25) is 0 Å². The summed E-state index contributed by atoms with van der Waals surface area (Å²) in [6.45, 7) is 3.02. The summed E-state index contributed by atoms with van der Waals surface area (Å²) in [4.78, 5) is 0. The lowest BCUT2D eigenvalue weighted by molar-refractivity contribution is -0.655. The third-order valence-electron chi connectivity index (χ3n) is 4.53. The van der Waals surface area contributed by atoms with Crippen LogP contribution in [0.2, 0.25) is 0 Å². The lowest BCUT2D eigenvalue weighted by Crippen LogP contribution is -3.00. The zero-order valence-corrected chi connectivity index (χ0v) is 16.1. The Hall–Kier alpha value is -2.63. The maximum absolute atomic E-state index is 6.10. The molecule has 0 radical (unpaired) electrons. The number of hydrogen-bond donors (Lipinski definition) is 2. The first kappa shape index (κ1) is 19.7. The molecule has 0 aliphatic carbocycles. The van der Waals surface area contributed by atoms with E-state index in [-0.39, 0.29) is 22.5 Å². The summed E-state index contributed by atoms with van der Waals surface area (Å²) in [7, 11) is 0. The predicted molar refractivity (Wildman–Crippen MR) is 105 cm³/mol. The quantitative estimate of drug-likeness (QED) is 0.282. The fourth-order valence-corrected chi connectivity index (χ4v) is 3.49. The second kappa shape index (κ2) is 7.72. The van der Waals surface area contributed by atoms with Crippen LogP contribution in [0.5, 0.6) is 0 Å². The SMILES string of the molecule is CC[n+]1c(-c2ccccc2)c2cc(N)ccc2c2ccc(N)cc21.O.[Br-]. The Morgan fingerprint density at radius 3 is 2.04 bits per heavy atom. The number of benzene rings is 3. The van der Waals surface area contributed by atoms with E-state index in [0.29, 0.717) is 0 Å². The maximum Gasteiger partial charge on any atom is 0.220 e. The molecular formula is C21H22BrN3O. The van der Waals surface area contributed by atoms with Crippen LogP contribution in [-0.2, 0) is 6.54 Å². The Balaban J connectivity index is 0.00000121. The minimum atomic E-state index is 0. The molecule has 0 amide bonds. The molecule has 0 spiro atoms. The molecule has 4 aromatic rings. The van der Waals surface area contributed by atoms with Gasteiger partial charge in [0.15, 0.2) is 0 Å². The van der Waals surface area contributed by atoms with Gasteiger partial charge >= 0.3 is 0 Å². The van der Waals surface area contributed by atoms with Gasteiger partial charge in [0.2, 0.25) is 11.2 Å². The Kier molecular flexibility index (Phi) is 5.85. The minimum absolute atomic E-state index is 0. The Labute approximate surface area is 163 Å². The molecule has 5 heteroatoms. The number of rotatable bonds is 2. The van der Waals surface area contributed by atoms with Gasteiger partial charge in [0.05, 0.1) is 10.8 Å². The fraction of sp³-hybridized carbons (Fsp3) is 0.0952. The molecule has 4 nitrogen and oxygen atoms in total. The van der Waals surface area contributed by atoms with E-state index in [0.717, 1.165) is 23.4 Å². The second-order valence-corrected chi connectivity index (χ2v) is 6.04. The smallest absolute Gasteiger partial charge is 0.220 e. The summed E-state index contributed by atoms with van der Waals surface area (Å²) >= 11 is 0. The van der Waals surface area contributed by atoms with Crippen LogP contribution in [0.15, 0.2) is 66.7 Å². The first-order valence-corrected chi connectivity index (χ1v) is 8.18. The normalized spacial score (nSPS) is 10.3. The van der Waals surface area contributed by atoms with Crippen molar-refractivity contribution >= 4 is 33.1 Å². The molecule has 26 heavy (non-hydrogen) atoms. The molecule has 0 aliphatic rings. The van der Waals surface area contributed by atoms with Crippen LogP contribution in [0.1, 0.15) is 6.92 Å². The zero-order valence-electron chi connectivity index (χ0n) is 14.5. The Morgan fingerprint density at radius 2 is 1.38 bits per heavy atom. The number of nitrogens with zero attached hydrogens (tertiary/aromatic N) is 1. The molecule has 3 aromatic carbocycles. The van der Waals surface area contributed by atoms with E-state index in [1.807, 2.05) is 18.2 Å². The van der Waals surface area contributed by atoms with Crippen LogP contribution in [0.3, 0.4) is 0 Å². The van der Waals surface area contributed by atoms with Crippen molar-refractivity contribution in [3.8, 4) is 11.3 Å². The topological polar surface area (TPSA) is 87.4 Å². The summed E-state index contributed by atoms with van der Waals surface area (Å²) in [5.74, 6) is 0. The van der Waals surface area contributed by atoms with Crippen molar-refractivity contribution in [3.63, 3.8) is 0 Å². The molecule has 4 rings (SSSR count). The lowest BCUT2D eigenvalue weighted by atomic mass is 9.98. The van der Waals surface area contributed by atoms with Crippen LogP contribution in [0, 0.1) is 0 Å². The highest BCUT2D eigenvalue weighted by Gasteiger charge is 2.22. The van der Waals surface area contributed by atoms with Gasteiger partial charge in [-0.15, -0.1) is 0 Å². The number of hydrogen-bond acceptors (Lipinski definition) is 2. The number of nitrogens with two attached hydrogens (primary N) is 2. The first-order chi connectivity index (χ1) is 11.7. The first-order valence-electron chi connectivity index (χ1n) is 8.18. The highest BCUT2D eigenvalue weighted by molar-refractivity contribution is 6.10. The van der Waals surface area contributed by atoms with Crippen molar-refractivity contribution in [2.24, 2.45) is 0 Å². The highest BCUT2D eigenvalue weighted by Crippen LogP contribution is 2.33. The molecule has 1 heterocycles. The molecule has 1 aromatic heterocycles. The van der Waals surface area contributed by atoms with Gasteiger partial charge in [0, 0.05) is 28.4 Å². The fourth-order valence-electron chi connectivity index (χ4n) is 3.49. The molecule has 0 unspecified atom stereocenters. The largest absolute Gasteiger partial charge is 1.00 e. The molecule has 0 bridgehead atoms. The molecule has 0 fully saturated rings. The van der Waals surface area contributed by atoms with Gasteiger partial charge in [0.25, 0.3) is 0 Å². The molecular weight excluding hydrogens is 390 g/mol. The summed E-state index contributed by atoms with van der Waals surface area (Å²) in [5, 5.41) is 3.56. The van der Waals surface area contributed by atoms with Gasteiger partial charge < -0.3 is 33.9 Å². The number of anilines is 2. The van der Waals surface area contributed by atoms with Crippen molar-refractivity contribution in [3.05, 3.63) is 66.7 Å². The number of nitrogen functional groups attached to an aromatic ring is 2. The monoisotopic (exact) mass is 411 g/mol. The standard InChI is InChI=1S/C21H19N3.BrH.H2O/c1-2-24-20-13-16(23)9-11-18(20)17-10-8-15(22)12-19(17)21(24)14-6-4-3-5-7-14;;/h3-13,23H,2,22H2,1H3;1H;1H2. The Morgan fingerprint density at radius 1 is 0.769 bits per heavy atom. The second-order valence-electron chi connectivity index (χ2n) is 6.04. The summed E-state index contributed by atoms with van der Waals surface area (Å²) in [5.41, 5.74) is 17.2. The average Bonchev–Trinajstić information content (AvgIpc) is 2.61. The van der Waals surface area contributed by atoms with E-state index in [1.165, 1.54) is 27.4 Å². The van der Waals surface area contributed by atoms with E-state index in [4.69, 9.17) is 11.5 Å². The third kappa shape index (κ3) is 3.11. The number of fused-ring (bicyclic) bond motifs is 3. The van der Waals surface area contributed by atoms with Crippen molar-refractivity contribution < 1.29 is 27.0 Å². The van der Waals surface area contributed by atoms with Crippen molar-refractivity contribution in [2.45, 2.75) is 13.5 Å². The van der Waals surface area contributed by atoms with Gasteiger partial charge in [-0.1, -0.05) is 24.3 Å². The Bertz CT molecular complexity index is 1070. The van der Waals surface area contributed by atoms with E-state index in [9.17, 15) is 0 Å². The van der Waals surface area contributed by atoms with Crippen LogP contribution in [-0.4, -0.2) is 5.48 Å². The lowest BCUT2D eigenvalue weighted by Gasteiger charge is -2.12. The summed E-state index contributed by atoms with van der Waals surface area (Å²) in [6.07, 6.45) is 0. The summed E-state index contributed by atoms with van der Waals surface area (Å²) < 4.78 is 2.32. The molecule has 6 N–H and O–H groups in total. The number of halogens is 1. The van der Waals surface area contributed by atoms with E-state index in [2.05, 4.69) is 60.0 Å². The maximum atomic E-state index is 6.10. The zero-order chi connectivity index (χ0) is 16.7. The van der Waals surface area contributed by atoms with E-state index in [1.54, 1.807) is 0 Å². The van der Waals surface area contributed by atoms with Gasteiger partial charge in [-0.05, 0) is 43.3 Å². The molecule has 0 atom stereocenters. The molecule has 134 valence electrons. The predicted octanol–water partition coefficient (Wildman–Crippen LogP) is 0.311. The van der Waals surface area contributed by atoms with Gasteiger partial charge in [-0.25, -0.2) is 0 Å². The molecule has 0 saturated carbocycles. The summed E-state index contributed by atoms with van der Waals surface area (Å²) in [6, 6.07) is 22.7. The van der Waals surface area contributed by atoms with Crippen molar-refractivity contribution in [1.82, 2.24) is 0 Å². The molecule has 0 aliphatic heterocycles.